The van der Waals surface area contributed by atoms with Crippen LogP contribution in [-0.2, 0) is 16.2 Å². The van der Waals surface area contributed by atoms with E-state index in [-0.39, 0.29) is 17.7 Å². The van der Waals surface area contributed by atoms with Gasteiger partial charge in [-0.1, -0.05) is 36.4 Å². The molecule has 3 aromatic rings. The van der Waals surface area contributed by atoms with Gasteiger partial charge in [-0.15, -0.1) is 0 Å². The standard InChI is InChI=1S/C26H20N2O7/c1-34-22-14-16(10-11-21(22)35-15-17-6-5-7-18(12-17)25(31)32)13-20-23(29)27-26(33)28(24(20)30)19-8-3-2-4-9-19/h2-14H,15H2,1H3,(H,31,32)(H,27,29,33)/b20-13+. The van der Waals surface area contributed by atoms with E-state index in [0.717, 1.165) is 4.90 Å². The highest BCUT2D eigenvalue weighted by Gasteiger charge is 2.36. The normalized spacial score (nSPS) is 14.6. The van der Waals surface area contributed by atoms with Gasteiger partial charge in [0.05, 0.1) is 18.4 Å². The quantitative estimate of drug-likeness (QED) is 0.398. The molecule has 0 aliphatic carbocycles. The number of rotatable bonds is 7. The summed E-state index contributed by atoms with van der Waals surface area (Å²) in [6.45, 7) is 0.104. The van der Waals surface area contributed by atoms with Crippen LogP contribution >= 0.6 is 0 Å². The minimum atomic E-state index is -1.03. The summed E-state index contributed by atoms with van der Waals surface area (Å²) in [6.07, 6.45) is 1.36. The number of barbiturate groups is 1. The summed E-state index contributed by atoms with van der Waals surface area (Å²) in [5, 5.41) is 11.3. The second-order valence-corrected chi connectivity index (χ2v) is 7.50. The van der Waals surface area contributed by atoms with Crippen molar-refractivity contribution in [2.24, 2.45) is 0 Å². The Bertz CT molecular complexity index is 1350. The zero-order valence-electron chi connectivity index (χ0n) is 18.6. The fourth-order valence-electron chi connectivity index (χ4n) is 3.48. The highest BCUT2D eigenvalue weighted by atomic mass is 16.5. The Morgan fingerprint density at radius 1 is 0.971 bits per heavy atom. The molecule has 0 atom stereocenters. The molecule has 4 amide bonds. The molecular formula is C26H20N2O7. The molecular weight excluding hydrogens is 452 g/mol. The lowest BCUT2D eigenvalue weighted by Gasteiger charge is -2.26. The highest BCUT2D eigenvalue weighted by Crippen LogP contribution is 2.30. The van der Waals surface area contributed by atoms with Crippen LogP contribution in [0.3, 0.4) is 0 Å². The number of nitrogens with one attached hydrogen (secondary N) is 1. The molecule has 9 heteroatoms. The van der Waals surface area contributed by atoms with Crippen molar-refractivity contribution >= 4 is 35.6 Å². The number of carboxylic acids is 1. The number of carboxylic acid groups (broad SMARTS) is 1. The van der Waals surface area contributed by atoms with Crippen LogP contribution in [0.4, 0.5) is 10.5 Å². The van der Waals surface area contributed by atoms with Crippen LogP contribution in [-0.4, -0.2) is 36.0 Å². The van der Waals surface area contributed by atoms with Crippen molar-refractivity contribution < 1.29 is 33.8 Å². The van der Waals surface area contributed by atoms with Crippen LogP contribution in [0.15, 0.2) is 78.4 Å². The number of benzene rings is 3. The maximum Gasteiger partial charge on any atom is 0.335 e. The molecule has 1 aliphatic heterocycles. The number of nitrogens with zero attached hydrogens (tertiary/aromatic N) is 1. The molecule has 1 saturated heterocycles. The van der Waals surface area contributed by atoms with Gasteiger partial charge in [0.1, 0.15) is 12.2 Å². The fraction of sp³-hybridized carbons (Fsp3) is 0.0769. The SMILES string of the molecule is COc1cc(/C=C2\C(=O)NC(=O)N(c3ccccc3)C2=O)ccc1OCc1cccc(C(=O)O)c1. The lowest BCUT2D eigenvalue weighted by Crippen LogP contribution is -2.54. The third-order valence-electron chi connectivity index (χ3n) is 5.18. The van der Waals surface area contributed by atoms with Crippen LogP contribution in [0, 0.1) is 0 Å². The van der Waals surface area contributed by atoms with Crippen LogP contribution in [0.1, 0.15) is 21.5 Å². The van der Waals surface area contributed by atoms with Crippen molar-refractivity contribution in [2.45, 2.75) is 6.61 Å². The highest BCUT2D eigenvalue weighted by molar-refractivity contribution is 6.39. The van der Waals surface area contributed by atoms with Crippen molar-refractivity contribution in [2.75, 3.05) is 12.0 Å². The van der Waals surface area contributed by atoms with Gasteiger partial charge in [-0.2, -0.15) is 0 Å². The molecule has 9 nitrogen and oxygen atoms in total. The van der Waals surface area contributed by atoms with Gasteiger partial charge in [-0.25, -0.2) is 14.5 Å². The molecule has 35 heavy (non-hydrogen) atoms. The first-order chi connectivity index (χ1) is 16.9. The molecule has 2 N–H and O–H groups in total. The summed E-state index contributed by atoms with van der Waals surface area (Å²) in [6, 6.07) is 18.7. The molecule has 0 aromatic heterocycles. The minimum absolute atomic E-state index is 0.104. The Hall–Kier alpha value is -4.92. The second-order valence-electron chi connectivity index (χ2n) is 7.50. The summed E-state index contributed by atoms with van der Waals surface area (Å²) in [7, 11) is 1.44. The Morgan fingerprint density at radius 2 is 1.74 bits per heavy atom. The number of aromatic carboxylic acids is 1. The molecule has 0 radical (unpaired) electrons. The van der Waals surface area contributed by atoms with Gasteiger partial charge in [0.25, 0.3) is 11.8 Å². The van der Waals surface area contributed by atoms with Gasteiger partial charge in [-0.05, 0) is 53.6 Å². The van der Waals surface area contributed by atoms with Gasteiger partial charge < -0.3 is 14.6 Å². The van der Waals surface area contributed by atoms with E-state index in [1.807, 2.05) is 0 Å². The number of anilines is 1. The fourth-order valence-corrected chi connectivity index (χ4v) is 3.48. The maximum absolute atomic E-state index is 13.0. The molecule has 1 fully saturated rings. The van der Waals surface area contributed by atoms with E-state index in [0.29, 0.717) is 28.3 Å². The number of hydrogen-bond acceptors (Lipinski definition) is 6. The van der Waals surface area contributed by atoms with Crippen LogP contribution in [0.2, 0.25) is 0 Å². The van der Waals surface area contributed by atoms with Gasteiger partial charge in [0, 0.05) is 0 Å². The Balaban J connectivity index is 1.57. The van der Waals surface area contributed by atoms with Gasteiger partial charge in [0.2, 0.25) is 0 Å². The molecule has 0 unspecified atom stereocenters. The van der Waals surface area contributed by atoms with E-state index < -0.39 is 23.8 Å². The summed E-state index contributed by atoms with van der Waals surface area (Å²) in [4.78, 5) is 49.7. The molecule has 0 bridgehead atoms. The van der Waals surface area contributed by atoms with Crippen molar-refractivity contribution in [1.29, 1.82) is 0 Å². The summed E-state index contributed by atoms with van der Waals surface area (Å²) in [5.74, 6) is -1.85. The van der Waals surface area contributed by atoms with E-state index in [1.165, 1.54) is 25.3 Å². The second kappa shape index (κ2) is 9.92. The van der Waals surface area contributed by atoms with Crippen molar-refractivity contribution in [3.05, 3.63) is 95.1 Å². The minimum Gasteiger partial charge on any atom is -0.493 e. The average molecular weight is 472 g/mol. The molecule has 176 valence electrons. The topological polar surface area (TPSA) is 122 Å². The molecule has 3 aromatic carbocycles. The lowest BCUT2D eigenvalue weighted by atomic mass is 10.1. The summed E-state index contributed by atoms with van der Waals surface area (Å²) < 4.78 is 11.2. The largest absolute Gasteiger partial charge is 0.493 e. The number of hydrogen-bond donors (Lipinski definition) is 2. The van der Waals surface area contributed by atoms with E-state index in [1.54, 1.807) is 60.7 Å². The Labute approximate surface area is 200 Å². The van der Waals surface area contributed by atoms with Crippen LogP contribution < -0.4 is 19.7 Å². The first kappa shape index (κ1) is 23.2. The number of methoxy groups -OCH3 is 1. The first-order valence-corrected chi connectivity index (χ1v) is 10.5. The van der Waals surface area contributed by atoms with Gasteiger partial charge >= 0.3 is 12.0 Å². The predicted molar refractivity (Wildman–Crippen MR) is 126 cm³/mol. The molecule has 1 heterocycles. The van der Waals surface area contributed by atoms with Gasteiger partial charge in [-0.3, -0.25) is 14.9 Å². The Kier molecular flexibility index (Phi) is 6.59. The zero-order valence-corrected chi connectivity index (χ0v) is 18.6. The maximum atomic E-state index is 13.0. The van der Waals surface area contributed by atoms with E-state index in [2.05, 4.69) is 5.32 Å². The first-order valence-electron chi connectivity index (χ1n) is 10.5. The number of urea groups is 1. The predicted octanol–water partition coefficient (Wildman–Crippen LogP) is 3.64. The number of para-hydroxylation sites is 1. The number of amides is 4. The third kappa shape index (κ3) is 5.03. The lowest BCUT2D eigenvalue weighted by molar-refractivity contribution is -0.122. The summed E-state index contributed by atoms with van der Waals surface area (Å²) >= 11 is 0. The smallest absolute Gasteiger partial charge is 0.335 e. The number of imide groups is 2. The number of carbonyl (C=O) groups excluding carboxylic acids is 3. The van der Waals surface area contributed by atoms with Crippen molar-refractivity contribution in [1.82, 2.24) is 5.32 Å². The van der Waals surface area contributed by atoms with Crippen LogP contribution in [0.5, 0.6) is 11.5 Å². The van der Waals surface area contributed by atoms with Crippen LogP contribution in [0.25, 0.3) is 6.08 Å². The zero-order chi connectivity index (χ0) is 24.9. The Morgan fingerprint density at radius 3 is 2.46 bits per heavy atom. The van der Waals surface area contributed by atoms with Crippen molar-refractivity contribution in [3.63, 3.8) is 0 Å². The average Bonchev–Trinajstić information content (AvgIpc) is 2.86. The number of ether oxygens (including phenoxy) is 2. The van der Waals surface area contributed by atoms with Crippen molar-refractivity contribution in [3.8, 4) is 11.5 Å². The van der Waals surface area contributed by atoms with Gasteiger partial charge in [0.15, 0.2) is 11.5 Å². The molecule has 0 saturated carbocycles. The third-order valence-corrected chi connectivity index (χ3v) is 5.18. The molecule has 0 spiro atoms. The van der Waals surface area contributed by atoms with E-state index >= 15 is 0 Å². The van der Waals surface area contributed by atoms with E-state index in [9.17, 15) is 19.2 Å². The van der Waals surface area contributed by atoms with E-state index in [4.69, 9.17) is 14.6 Å². The molecule has 1 aliphatic rings. The summed E-state index contributed by atoms with van der Waals surface area (Å²) in [5.41, 5.74) is 1.41. The monoisotopic (exact) mass is 472 g/mol. The molecule has 4 rings (SSSR count). The number of carbonyl (C=O) groups is 4.